The first kappa shape index (κ1) is 42.9. The number of hydrogen-bond acceptors (Lipinski definition) is 17. The molecule has 336 valence electrons. The van der Waals surface area contributed by atoms with Gasteiger partial charge in [0, 0.05) is 69.3 Å². The molecule has 2 aliphatic carbocycles. The number of nitrogens with zero attached hydrogens (tertiary/aromatic N) is 9. The van der Waals surface area contributed by atoms with Crippen LogP contribution in [0.15, 0.2) is 29.8 Å². The summed E-state index contributed by atoms with van der Waals surface area (Å²) in [6.45, 7) is 10.7. The lowest BCUT2D eigenvalue weighted by Crippen LogP contribution is -2.47. The van der Waals surface area contributed by atoms with Crippen LogP contribution in [0.3, 0.4) is 0 Å². The molecule has 15 nitrogen and oxygen atoms in total. The lowest BCUT2D eigenvalue weighted by Gasteiger charge is -2.41. The molecule has 0 aromatic carbocycles. The number of nitrogens with one attached hydrogen (secondary N) is 4. The van der Waals surface area contributed by atoms with Crippen molar-refractivity contribution >= 4 is 89.2 Å². The van der Waals surface area contributed by atoms with Gasteiger partial charge in [0.2, 0.25) is 11.9 Å². The molecule has 18 heteroatoms. The third-order valence-corrected chi connectivity index (χ3v) is 16.2. The monoisotopic (exact) mass is 911 g/mol. The number of fused-ring (bicyclic) bond motifs is 2. The van der Waals surface area contributed by atoms with Gasteiger partial charge in [0.25, 0.3) is 0 Å². The summed E-state index contributed by atoms with van der Waals surface area (Å²) in [7, 11) is 1.76. The minimum absolute atomic E-state index is 0.0875. The SMILES string of the molecule is COCCCn1ccc2nc(Nc3snc(C)c3C3CN(C4CCC(Nc5nc(Nc6cc(C)ns6)nc6ccsc56)CC4)CCO3)nc(NC3CCC(N4CCCCC4)CC3)c21. The fraction of sp³-hybridized carbons (Fsp3) is 0.600. The molecule has 63 heavy (non-hydrogen) atoms. The summed E-state index contributed by atoms with van der Waals surface area (Å²) in [6, 6.07) is 8.16. The van der Waals surface area contributed by atoms with Crippen molar-refractivity contribution in [1.29, 1.82) is 0 Å². The van der Waals surface area contributed by atoms with E-state index in [-0.39, 0.29) is 6.10 Å². The lowest BCUT2D eigenvalue weighted by molar-refractivity contribution is -0.0500. The van der Waals surface area contributed by atoms with Gasteiger partial charge in [-0.1, -0.05) is 6.42 Å². The van der Waals surface area contributed by atoms with Gasteiger partial charge in [-0.2, -0.15) is 18.7 Å². The third-order valence-electron chi connectivity index (χ3n) is 13.6. The Bertz CT molecular complexity index is 2440. The van der Waals surface area contributed by atoms with Crippen LogP contribution in [0.4, 0.5) is 33.5 Å². The minimum atomic E-state index is -0.0875. The van der Waals surface area contributed by atoms with Gasteiger partial charge < -0.3 is 40.2 Å². The van der Waals surface area contributed by atoms with Crippen LogP contribution in [0, 0.1) is 13.8 Å². The average Bonchev–Trinajstić information content (AvgIpc) is 4.13. The maximum atomic E-state index is 6.57. The molecule has 6 aromatic heterocycles. The van der Waals surface area contributed by atoms with E-state index < -0.39 is 0 Å². The highest BCUT2D eigenvalue weighted by Crippen LogP contribution is 2.39. The maximum Gasteiger partial charge on any atom is 0.230 e. The predicted octanol–water partition coefficient (Wildman–Crippen LogP) is 9.50. The maximum absolute atomic E-state index is 6.57. The van der Waals surface area contributed by atoms with Gasteiger partial charge in [-0.15, -0.1) is 11.3 Å². The Morgan fingerprint density at radius 3 is 2.27 bits per heavy atom. The smallest absolute Gasteiger partial charge is 0.230 e. The second kappa shape index (κ2) is 19.6. The van der Waals surface area contributed by atoms with Gasteiger partial charge in [0.05, 0.1) is 39.8 Å². The summed E-state index contributed by atoms with van der Waals surface area (Å²) < 4.78 is 24.6. The van der Waals surface area contributed by atoms with E-state index in [1.165, 1.54) is 68.3 Å². The molecular formula is C45H61N13O2S3. The normalized spacial score (nSPS) is 24.0. The van der Waals surface area contributed by atoms with Crippen LogP contribution >= 0.6 is 34.4 Å². The fourth-order valence-electron chi connectivity index (χ4n) is 10.3. The molecule has 2 aliphatic heterocycles. The largest absolute Gasteiger partial charge is 0.385 e. The Hall–Kier alpha value is -4.04. The van der Waals surface area contributed by atoms with Crippen molar-refractivity contribution in [2.45, 2.75) is 128 Å². The molecule has 0 spiro atoms. The Balaban J connectivity index is 0.802. The summed E-state index contributed by atoms with van der Waals surface area (Å²) in [5.41, 5.74) is 6.06. The number of piperidine rings is 1. The first-order valence-electron chi connectivity index (χ1n) is 23.1. The summed E-state index contributed by atoms with van der Waals surface area (Å²) in [6.07, 6.45) is 16.2. The minimum Gasteiger partial charge on any atom is -0.385 e. The number of thiophene rings is 1. The van der Waals surface area contributed by atoms with Crippen molar-refractivity contribution in [1.82, 2.24) is 43.0 Å². The number of ether oxygens (including phenoxy) is 2. The number of aryl methyl sites for hydroxylation is 3. The molecule has 0 amide bonds. The number of likely N-dealkylation sites (tertiary alicyclic amines) is 1. The number of hydrogen-bond donors (Lipinski definition) is 4. The van der Waals surface area contributed by atoms with Crippen LogP contribution in [-0.2, 0) is 16.0 Å². The molecule has 1 unspecified atom stereocenters. The first-order chi connectivity index (χ1) is 30.9. The molecule has 10 rings (SSSR count). The molecule has 4 fully saturated rings. The first-order valence-corrected chi connectivity index (χ1v) is 25.5. The number of rotatable bonds is 15. The second-order valence-electron chi connectivity index (χ2n) is 17.9. The zero-order valence-electron chi connectivity index (χ0n) is 36.8. The van der Waals surface area contributed by atoms with Crippen molar-refractivity contribution in [3.63, 3.8) is 0 Å². The Morgan fingerprint density at radius 2 is 1.51 bits per heavy atom. The number of anilines is 6. The fourth-order valence-corrected chi connectivity index (χ4v) is 12.6. The van der Waals surface area contributed by atoms with E-state index in [1.54, 1.807) is 18.4 Å². The van der Waals surface area contributed by atoms with Crippen molar-refractivity contribution in [2.75, 3.05) is 67.8 Å². The van der Waals surface area contributed by atoms with Gasteiger partial charge in [0.15, 0.2) is 5.82 Å². The molecule has 8 heterocycles. The van der Waals surface area contributed by atoms with Gasteiger partial charge in [0.1, 0.15) is 21.3 Å². The van der Waals surface area contributed by atoms with E-state index in [1.807, 2.05) is 13.0 Å². The van der Waals surface area contributed by atoms with Crippen molar-refractivity contribution in [3.05, 3.63) is 46.7 Å². The number of aromatic nitrogens is 7. The van der Waals surface area contributed by atoms with Crippen molar-refractivity contribution in [2.24, 2.45) is 0 Å². The summed E-state index contributed by atoms with van der Waals surface area (Å²) >= 11 is 4.59. The van der Waals surface area contributed by atoms with Crippen LogP contribution in [-0.4, -0.2) is 114 Å². The molecule has 2 saturated heterocycles. The highest BCUT2D eigenvalue weighted by Gasteiger charge is 2.34. The molecule has 4 aliphatic rings. The summed E-state index contributed by atoms with van der Waals surface area (Å²) in [5, 5.41) is 18.8. The quantitative estimate of drug-likeness (QED) is 0.0723. The van der Waals surface area contributed by atoms with Gasteiger partial charge in [-0.25, -0.2) is 9.97 Å². The Morgan fingerprint density at radius 1 is 0.778 bits per heavy atom. The number of methoxy groups -OCH3 is 1. The molecule has 0 radical (unpaired) electrons. The molecule has 4 N–H and O–H groups in total. The third kappa shape index (κ3) is 9.82. The topological polar surface area (TPSA) is 155 Å². The van der Waals surface area contributed by atoms with Gasteiger partial charge in [-0.3, -0.25) is 4.90 Å². The Kier molecular flexibility index (Phi) is 13.3. The van der Waals surface area contributed by atoms with Gasteiger partial charge >= 0.3 is 0 Å². The van der Waals surface area contributed by atoms with E-state index in [2.05, 4.69) is 70.6 Å². The van der Waals surface area contributed by atoms with E-state index in [4.69, 9.17) is 33.8 Å². The van der Waals surface area contributed by atoms with E-state index in [0.717, 1.165) is 124 Å². The highest BCUT2D eigenvalue weighted by molar-refractivity contribution is 7.17. The molecule has 1 atom stereocenters. The predicted molar refractivity (Wildman–Crippen MR) is 257 cm³/mol. The van der Waals surface area contributed by atoms with Crippen LogP contribution < -0.4 is 21.3 Å². The highest BCUT2D eigenvalue weighted by atomic mass is 32.1. The second-order valence-corrected chi connectivity index (χ2v) is 20.4. The van der Waals surface area contributed by atoms with Crippen molar-refractivity contribution < 1.29 is 9.47 Å². The summed E-state index contributed by atoms with van der Waals surface area (Å²) in [5.74, 6) is 3.01. The summed E-state index contributed by atoms with van der Waals surface area (Å²) in [4.78, 5) is 25.5. The molecule has 6 aromatic rings. The van der Waals surface area contributed by atoms with Gasteiger partial charge in [-0.05, 0) is 144 Å². The van der Waals surface area contributed by atoms with Crippen LogP contribution in [0.1, 0.15) is 100 Å². The Labute approximate surface area is 382 Å². The molecule has 0 bridgehead atoms. The van der Waals surface area contributed by atoms with Crippen LogP contribution in [0.2, 0.25) is 0 Å². The van der Waals surface area contributed by atoms with Crippen LogP contribution in [0.5, 0.6) is 0 Å². The van der Waals surface area contributed by atoms with Crippen LogP contribution in [0.25, 0.3) is 21.3 Å². The van der Waals surface area contributed by atoms with E-state index >= 15 is 0 Å². The average molecular weight is 912 g/mol. The van der Waals surface area contributed by atoms with E-state index in [0.29, 0.717) is 49.3 Å². The molecular weight excluding hydrogens is 851 g/mol. The van der Waals surface area contributed by atoms with Crippen molar-refractivity contribution in [3.8, 4) is 0 Å². The molecule has 2 saturated carbocycles. The standard InChI is InChI=1S/C45H61N13O2S3/c1-28-26-37(62-54-28)50-44-49-35-17-25-61-40(35)42(52-44)47-31-10-14-33(15-11-31)58-22-24-60-36(27-58)38-29(2)55-63-43(38)53-45-48-34-16-21-57(20-7-23-59-3)39(34)41(51-45)46-30-8-12-32(13-9-30)56-18-5-4-6-19-56/h16-17,21,25-26,30-33,36H,4-15,18-20,22-24,27H2,1-3H3,(H2,46,48,51,53)(H2,47,49,50,52). The van der Waals surface area contributed by atoms with E-state index in [9.17, 15) is 0 Å². The zero-order chi connectivity index (χ0) is 42.7. The zero-order valence-corrected chi connectivity index (χ0v) is 39.2. The number of morpholine rings is 1. The lowest BCUT2D eigenvalue weighted by atomic mass is 9.89.